The second-order valence-electron chi connectivity index (χ2n) is 8.72. The number of aryl methyl sites for hydroxylation is 1. The van der Waals surface area contributed by atoms with Crippen molar-refractivity contribution in [2.45, 2.75) is 50.9 Å². The Balaban J connectivity index is 0.000000604. The van der Waals surface area contributed by atoms with E-state index in [1.807, 2.05) is 32.1 Å². The normalized spacial score (nSPS) is 17.2. The molecule has 1 aromatic carbocycles. The molecular weight excluding hydrogens is 503 g/mol. The first-order valence-corrected chi connectivity index (χ1v) is 11.3. The lowest BCUT2D eigenvalue weighted by Gasteiger charge is -2.35. The molecule has 9 nitrogen and oxygen atoms in total. The van der Waals surface area contributed by atoms with Crippen LogP contribution in [-0.4, -0.2) is 71.4 Å². The van der Waals surface area contributed by atoms with Gasteiger partial charge in [-0.05, 0) is 44.7 Å². The van der Waals surface area contributed by atoms with Crippen LogP contribution >= 0.6 is 0 Å². The lowest BCUT2D eigenvalue weighted by Crippen LogP contribution is -2.43. The molecule has 0 atom stereocenters. The van der Waals surface area contributed by atoms with Crippen LogP contribution < -0.4 is 15.5 Å². The van der Waals surface area contributed by atoms with E-state index in [1.165, 1.54) is 6.07 Å². The van der Waals surface area contributed by atoms with Gasteiger partial charge in [0.05, 0.1) is 0 Å². The van der Waals surface area contributed by atoms with Crippen LogP contribution in [0.2, 0.25) is 0 Å². The third-order valence-corrected chi connectivity index (χ3v) is 5.68. The van der Waals surface area contributed by atoms with Crippen molar-refractivity contribution in [1.29, 1.82) is 0 Å². The quantitative estimate of drug-likeness (QED) is 0.481. The number of halogens is 5. The number of aromatic nitrogens is 2. The highest BCUT2D eigenvalue weighted by Crippen LogP contribution is 2.26. The number of carboxylic acids is 1. The molecule has 37 heavy (non-hydrogen) atoms. The number of nitrogens with zero attached hydrogens (tertiary/aromatic N) is 4. The number of alkyl halides is 3. The van der Waals surface area contributed by atoms with Gasteiger partial charge in [0.1, 0.15) is 5.82 Å². The molecule has 0 spiro atoms. The molecule has 0 radical (unpaired) electrons. The van der Waals surface area contributed by atoms with E-state index >= 15 is 0 Å². The van der Waals surface area contributed by atoms with Gasteiger partial charge in [0.25, 0.3) is 0 Å². The molecule has 3 rings (SSSR count). The van der Waals surface area contributed by atoms with Crippen molar-refractivity contribution in [2.24, 2.45) is 0 Å². The van der Waals surface area contributed by atoms with Gasteiger partial charge < -0.3 is 25.5 Å². The van der Waals surface area contributed by atoms with Crippen molar-refractivity contribution >= 4 is 29.5 Å². The summed E-state index contributed by atoms with van der Waals surface area (Å²) in [5.74, 6) is -3.19. The molecule has 1 heterocycles. The van der Waals surface area contributed by atoms with Gasteiger partial charge in [0, 0.05) is 56.7 Å². The molecule has 2 amide bonds. The molecule has 3 N–H and O–H groups in total. The van der Waals surface area contributed by atoms with E-state index in [0.717, 1.165) is 49.2 Å². The summed E-state index contributed by atoms with van der Waals surface area (Å²) in [6.07, 6.45) is 0.133. The number of carboxylic acid groups (broad SMARTS) is 1. The lowest BCUT2D eigenvalue weighted by molar-refractivity contribution is -0.192. The molecule has 0 saturated heterocycles. The van der Waals surface area contributed by atoms with Crippen LogP contribution in [0.5, 0.6) is 0 Å². The first kappa shape index (κ1) is 29.5. The molecule has 0 bridgehead atoms. The first-order chi connectivity index (χ1) is 17.2. The Morgan fingerprint density at radius 3 is 2.16 bits per heavy atom. The van der Waals surface area contributed by atoms with Crippen molar-refractivity contribution in [3.8, 4) is 0 Å². The summed E-state index contributed by atoms with van der Waals surface area (Å²) < 4.78 is 58.1. The van der Waals surface area contributed by atoms with Crippen molar-refractivity contribution in [1.82, 2.24) is 14.9 Å². The lowest BCUT2D eigenvalue weighted by atomic mass is 9.90. The van der Waals surface area contributed by atoms with Gasteiger partial charge in [0.15, 0.2) is 11.6 Å². The predicted molar refractivity (Wildman–Crippen MR) is 128 cm³/mol. The molecule has 204 valence electrons. The minimum absolute atomic E-state index is 0.0737. The Labute approximate surface area is 210 Å². The third kappa shape index (κ3) is 8.72. The first-order valence-electron chi connectivity index (χ1n) is 11.3. The Hall–Kier alpha value is -3.71. The van der Waals surface area contributed by atoms with E-state index in [1.54, 1.807) is 11.9 Å². The number of hydrogen-bond donors (Lipinski definition) is 3. The summed E-state index contributed by atoms with van der Waals surface area (Å²) in [6, 6.07) is 3.29. The monoisotopic (exact) mass is 532 g/mol. The molecule has 1 saturated carbocycles. The average Bonchev–Trinajstić information content (AvgIpc) is 2.82. The Bertz CT molecular complexity index is 1090. The van der Waals surface area contributed by atoms with Crippen LogP contribution in [0.4, 0.5) is 44.2 Å². The van der Waals surface area contributed by atoms with E-state index in [4.69, 9.17) is 9.90 Å². The van der Waals surface area contributed by atoms with Crippen molar-refractivity contribution in [3.63, 3.8) is 0 Å². The number of carbonyl (C=O) groups is 2. The van der Waals surface area contributed by atoms with Crippen LogP contribution in [0.1, 0.15) is 31.2 Å². The molecular formula is C23H29F5N6O3. The largest absolute Gasteiger partial charge is 0.490 e. The number of aliphatic carboxylic acids is 1. The van der Waals surface area contributed by atoms with Gasteiger partial charge in [-0.3, -0.25) is 0 Å². The number of benzene rings is 1. The molecule has 1 aliphatic carbocycles. The summed E-state index contributed by atoms with van der Waals surface area (Å²) >= 11 is 0. The number of carbonyl (C=O) groups excluding carboxylic acids is 1. The minimum atomic E-state index is -5.08. The fourth-order valence-corrected chi connectivity index (χ4v) is 3.70. The maximum Gasteiger partial charge on any atom is 0.490 e. The van der Waals surface area contributed by atoms with E-state index in [-0.39, 0.29) is 23.8 Å². The van der Waals surface area contributed by atoms with Crippen LogP contribution in [0.15, 0.2) is 24.4 Å². The third-order valence-electron chi connectivity index (χ3n) is 5.68. The van der Waals surface area contributed by atoms with Gasteiger partial charge in [-0.2, -0.15) is 18.2 Å². The molecule has 1 fully saturated rings. The van der Waals surface area contributed by atoms with Gasteiger partial charge in [0.2, 0.25) is 5.95 Å². The zero-order chi connectivity index (χ0) is 27.9. The fourth-order valence-electron chi connectivity index (χ4n) is 3.70. The number of rotatable bonds is 5. The zero-order valence-electron chi connectivity index (χ0n) is 20.7. The molecule has 0 aliphatic heterocycles. The number of nitrogens with one attached hydrogen (secondary N) is 2. The second kappa shape index (κ2) is 12.5. The number of urea groups is 1. The number of anilines is 3. The summed E-state index contributed by atoms with van der Waals surface area (Å²) in [4.78, 5) is 33.9. The van der Waals surface area contributed by atoms with Crippen LogP contribution in [0.25, 0.3) is 0 Å². The van der Waals surface area contributed by atoms with Gasteiger partial charge in [-0.1, -0.05) is 0 Å². The van der Waals surface area contributed by atoms with Gasteiger partial charge >= 0.3 is 18.2 Å². The molecule has 1 aliphatic rings. The Morgan fingerprint density at radius 2 is 1.65 bits per heavy atom. The van der Waals surface area contributed by atoms with Crippen LogP contribution in [-0.2, 0) is 4.79 Å². The van der Waals surface area contributed by atoms with Gasteiger partial charge in [-0.15, -0.1) is 0 Å². The summed E-state index contributed by atoms with van der Waals surface area (Å²) in [5, 5.41) is 13.1. The van der Waals surface area contributed by atoms with Crippen molar-refractivity contribution < 1.29 is 36.6 Å². The van der Waals surface area contributed by atoms with Crippen LogP contribution in [0, 0.1) is 18.6 Å². The Morgan fingerprint density at radius 1 is 1.05 bits per heavy atom. The highest BCUT2D eigenvalue weighted by molar-refractivity contribution is 5.89. The van der Waals surface area contributed by atoms with E-state index in [2.05, 4.69) is 20.6 Å². The van der Waals surface area contributed by atoms with Crippen molar-refractivity contribution in [3.05, 3.63) is 41.6 Å². The average molecular weight is 533 g/mol. The SMILES string of the molecule is Cc1cnc(N[C@H]2CC[C@@H](N(C)C(=O)Nc3ccc(F)c(F)c3)CC2)nc1N(C)C.O=C(O)C(F)(F)F. The number of amides is 2. The number of hydrogen-bond acceptors (Lipinski definition) is 6. The fraction of sp³-hybridized carbons (Fsp3) is 0.478. The van der Waals surface area contributed by atoms with Gasteiger partial charge in [-0.25, -0.2) is 23.4 Å². The minimum Gasteiger partial charge on any atom is -0.475 e. The van der Waals surface area contributed by atoms with E-state index in [9.17, 15) is 26.7 Å². The topological polar surface area (TPSA) is 111 Å². The molecule has 14 heteroatoms. The molecule has 0 unspecified atom stereocenters. The second-order valence-corrected chi connectivity index (χ2v) is 8.72. The van der Waals surface area contributed by atoms with Crippen molar-refractivity contribution in [2.75, 3.05) is 36.7 Å². The maximum atomic E-state index is 13.3. The molecule has 2 aromatic rings. The highest BCUT2D eigenvalue weighted by Gasteiger charge is 2.38. The zero-order valence-corrected chi connectivity index (χ0v) is 20.7. The smallest absolute Gasteiger partial charge is 0.475 e. The molecule has 1 aromatic heterocycles. The standard InChI is InChI=1S/C21H28F2N6O.C2HF3O2/c1-13-12-24-20(27-19(13)28(2)3)25-14-5-8-16(9-6-14)29(4)21(30)26-15-7-10-17(22)18(23)11-15;3-2(4,5)1(6)7/h7,10-12,14,16H,5-6,8-9H2,1-4H3,(H,26,30)(H,24,25,27);(H,6,7)/t14-,16+;. The summed E-state index contributed by atoms with van der Waals surface area (Å²) in [5.41, 5.74) is 1.25. The summed E-state index contributed by atoms with van der Waals surface area (Å²) in [7, 11) is 5.62. The summed E-state index contributed by atoms with van der Waals surface area (Å²) in [6.45, 7) is 1.98. The van der Waals surface area contributed by atoms with E-state index < -0.39 is 23.8 Å². The predicted octanol–water partition coefficient (Wildman–Crippen LogP) is 4.65. The maximum absolute atomic E-state index is 13.3. The highest BCUT2D eigenvalue weighted by atomic mass is 19.4. The Kier molecular flexibility index (Phi) is 9.97. The van der Waals surface area contributed by atoms with E-state index in [0.29, 0.717) is 5.95 Å². The van der Waals surface area contributed by atoms with Crippen LogP contribution in [0.3, 0.4) is 0 Å².